The number of nitrogens with zero attached hydrogens (tertiary/aromatic N) is 1. The molecule has 268 valence electrons. The van der Waals surface area contributed by atoms with E-state index in [1.54, 1.807) is 0 Å². The van der Waals surface area contributed by atoms with Crippen molar-refractivity contribution in [2.75, 3.05) is 4.90 Å². The number of fused-ring (bicyclic) bond motifs is 15. The first-order valence-corrected chi connectivity index (χ1v) is 20.1. The smallest absolute Gasteiger partial charge is 0.0726 e. The summed E-state index contributed by atoms with van der Waals surface area (Å²) < 4.78 is 0. The molecule has 0 atom stereocenters. The van der Waals surface area contributed by atoms with Crippen LogP contribution in [0.5, 0.6) is 0 Å². The Labute approximate surface area is 334 Å². The van der Waals surface area contributed by atoms with E-state index in [2.05, 4.69) is 219 Å². The average Bonchev–Trinajstić information content (AvgIpc) is 3.83. The summed E-state index contributed by atoms with van der Waals surface area (Å²) in [4.78, 5) is 2.56. The molecule has 9 aromatic rings. The van der Waals surface area contributed by atoms with E-state index < -0.39 is 5.41 Å². The molecule has 57 heavy (non-hydrogen) atoms. The first kappa shape index (κ1) is 32.3. The molecule has 1 heteroatoms. The second kappa shape index (κ2) is 11.8. The van der Waals surface area contributed by atoms with E-state index in [1.807, 2.05) is 0 Å². The van der Waals surface area contributed by atoms with Gasteiger partial charge in [0.05, 0.1) is 11.1 Å². The average molecular weight is 726 g/mol. The van der Waals surface area contributed by atoms with Crippen LogP contribution in [0.4, 0.5) is 17.1 Å². The van der Waals surface area contributed by atoms with Crippen molar-refractivity contribution in [2.45, 2.75) is 24.7 Å². The fraction of sp³-hybridized carbons (Fsp3) is 0.0714. The Morgan fingerprint density at radius 3 is 1.44 bits per heavy atom. The molecule has 0 saturated heterocycles. The summed E-state index contributed by atoms with van der Waals surface area (Å²) in [5.74, 6) is 0. The minimum absolute atomic E-state index is 0.180. The summed E-state index contributed by atoms with van der Waals surface area (Å²) in [7, 11) is 0. The third-order valence-electron chi connectivity index (χ3n) is 13.2. The van der Waals surface area contributed by atoms with Gasteiger partial charge in [-0.05, 0) is 102 Å². The molecule has 0 bridgehead atoms. The molecule has 0 saturated carbocycles. The summed E-state index contributed by atoms with van der Waals surface area (Å²) in [5, 5.41) is 2.54. The Balaban J connectivity index is 1.23. The zero-order valence-electron chi connectivity index (χ0n) is 32.0. The molecule has 0 aliphatic heterocycles. The number of para-hydroxylation sites is 1. The molecule has 0 fully saturated rings. The van der Waals surface area contributed by atoms with Gasteiger partial charge in [0.2, 0.25) is 0 Å². The van der Waals surface area contributed by atoms with Crippen LogP contribution < -0.4 is 4.90 Å². The van der Waals surface area contributed by atoms with Crippen LogP contribution in [-0.4, -0.2) is 0 Å². The largest absolute Gasteiger partial charge is 0.309 e. The van der Waals surface area contributed by atoms with Gasteiger partial charge in [-0.2, -0.15) is 0 Å². The van der Waals surface area contributed by atoms with E-state index in [9.17, 15) is 0 Å². The topological polar surface area (TPSA) is 3.24 Å². The minimum atomic E-state index is -0.442. The summed E-state index contributed by atoms with van der Waals surface area (Å²) in [6.45, 7) is 4.81. The van der Waals surface area contributed by atoms with Gasteiger partial charge < -0.3 is 4.90 Å². The third-order valence-corrected chi connectivity index (χ3v) is 13.2. The zero-order valence-corrected chi connectivity index (χ0v) is 32.0. The van der Waals surface area contributed by atoms with Crippen LogP contribution in [0.1, 0.15) is 47.2 Å². The summed E-state index contributed by atoms with van der Waals surface area (Å²) >= 11 is 0. The Kier molecular flexibility index (Phi) is 6.67. The highest BCUT2D eigenvalue weighted by Gasteiger charge is 2.52. The third kappa shape index (κ3) is 4.18. The van der Waals surface area contributed by atoms with Gasteiger partial charge in [0.15, 0.2) is 0 Å². The van der Waals surface area contributed by atoms with Gasteiger partial charge in [-0.15, -0.1) is 0 Å². The lowest BCUT2D eigenvalue weighted by atomic mass is 9.70. The van der Waals surface area contributed by atoms with Crippen molar-refractivity contribution in [3.63, 3.8) is 0 Å². The van der Waals surface area contributed by atoms with Gasteiger partial charge in [-0.1, -0.05) is 190 Å². The molecular formula is C56H39N. The van der Waals surface area contributed by atoms with Crippen molar-refractivity contribution in [2.24, 2.45) is 0 Å². The number of hydrogen-bond donors (Lipinski definition) is 0. The predicted octanol–water partition coefficient (Wildman–Crippen LogP) is 14.6. The van der Waals surface area contributed by atoms with E-state index in [-0.39, 0.29) is 5.41 Å². The molecule has 1 nitrogen and oxygen atoms in total. The van der Waals surface area contributed by atoms with Crippen molar-refractivity contribution in [3.8, 4) is 44.5 Å². The number of hydrogen-bond acceptors (Lipinski definition) is 1. The first-order valence-electron chi connectivity index (χ1n) is 20.1. The molecular weight excluding hydrogens is 687 g/mol. The Morgan fingerprint density at radius 2 is 0.825 bits per heavy atom. The molecule has 0 aromatic heterocycles. The maximum absolute atomic E-state index is 2.56. The minimum Gasteiger partial charge on any atom is -0.309 e. The first-order chi connectivity index (χ1) is 28.1. The van der Waals surface area contributed by atoms with E-state index in [0.29, 0.717) is 0 Å². The molecule has 3 aliphatic carbocycles. The van der Waals surface area contributed by atoms with E-state index in [4.69, 9.17) is 0 Å². The van der Waals surface area contributed by atoms with Crippen LogP contribution in [-0.2, 0) is 10.8 Å². The number of anilines is 3. The molecule has 0 heterocycles. The van der Waals surface area contributed by atoms with E-state index in [0.717, 1.165) is 11.4 Å². The van der Waals surface area contributed by atoms with Gasteiger partial charge >= 0.3 is 0 Å². The fourth-order valence-electron chi connectivity index (χ4n) is 11.0. The lowest BCUT2D eigenvalue weighted by Crippen LogP contribution is -2.26. The van der Waals surface area contributed by atoms with Gasteiger partial charge in [0.1, 0.15) is 0 Å². The summed E-state index contributed by atoms with van der Waals surface area (Å²) in [5.41, 5.74) is 21.4. The van der Waals surface area contributed by atoms with Crippen LogP contribution in [0.2, 0.25) is 0 Å². The normalized spacial score (nSPS) is 14.4. The van der Waals surface area contributed by atoms with Crippen molar-refractivity contribution in [1.82, 2.24) is 0 Å². The molecule has 9 aromatic carbocycles. The number of rotatable bonds is 4. The second-order valence-electron chi connectivity index (χ2n) is 16.3. The quantitative estimate of drug-likeness (QED) is 0.175. The predicted molar refractivity (Wildman–Crippen MR) is 238 cm³/mol. The fourth-order valence-corrected chi connectivity index (χ4v) is 11.0. The van der Waals surface area contributed by atoms with Gasteiger partial charge in [0, 0.05) is 27.7 Å². The molecule has 0 amide bonds. The number of benzene rings is 9. The SMILES string of the molecule is CC1(C)c2ccccc2-c2c(-c3ccccc3)c(N(c3ccccc3)c3ccc4c(c3)C3(c5ccccc5-c5ccccc53)c3ccccc3-4)c3ccccc3c21. The van der Waals surface area contributed by atoms with E-state index in [1.165, 1.54) is 94.3 Å². The highest BCUT2D eigenvalue weighted by atomic mass is 15.1. The monoisotopic (exact) mass is 725 g/mol. The molecule has 0 unspecified atom stereocenters. The molecule has 12 rings (SSSR count). The second-order valence-corrected chi connectivity index (χ2v) is 16.3. The van der Waals surface area contributed by atoms with Gasteiger partial charge in [0.25, 0.3) is 0 Å². The van der Waals surface area contributed by atoms with Crippen LogP contribution >= 0.6 is 0 Å². The van der Waals surface area contributed by atoms with Crippen LogP contribution in [0.3, 0.4) is 0 Å². The zero-order chi connectivity index (χ0) is 37.9. The standard InChI is InChI=1S/C56H39N/c1-55(2)46-29-15-14-28-45(46)52-51(36-19-5-3-6-20-36)54(44-27-10-9-26-43(44)53(52)55)57(37-21-7-4-8-22-37)38-33-34-42-41-25-13-18-32-49(41)56(50(42)35-38)47-30-16-11-23-39(47)40-24-12-17-31-48(40)56/h3-35H,1-2H3. The van der Waals surface area contributed by atoms with Crippen LogP contribution in [0.15, 0.2) is 200 Å². The lowest BCUT2D eigenvalue weighted by Gasteiger charge is -2.34. The molecule has 0 radical (unpaired) electrons. The maximum atomic E-state index is 2.56. The van der Waals surface area contributed by atoms with Crippen molar-refractivity contribution in [3.05, 3.63) is 234 Å². The van der Waals surface area contributed by atoms with Crippen molar-refractivity contribution in [1.29, 1.82) is 0 Å². The highest BCUT2D eigenvalue weighted by molar-refractivity contribution is 6.16. The van der Waals surface area contributed by atoms with E-state index >= 15 is 0 Å². The lowest BCUT2D eigenvalue weighted by molar-refractivity contribution is 0.666. The summed E-state index contributed by atoms with van der Waals surface area (Å²) in [6, 6.07) is 74.9. The van der Waals surface area contributed by atoms with Gasteiger partial charge in [-0.25, -0.2) is 0 Å². The Bertz CT molecular complexity index is 3030. The molecule has 1 spiro atoms. The Hall–Kier alpha value is -6.96. The summed E-state index contributed by atoms with van der Waals surface area (Å²) in [6.07, 6.45) is 0. The van der Waals surface area contributed by atoms with Crippen LogP contribution in [0.25, 0.3) is 55.3 Å². The van der Waals surface area contributed by atoms with Crippen LogP contribution in [0, 0.1) is 0 Å². The Morgan fingerprint density at radius 1 is 0.351 bits per heavy atom. The highest BCUT2D eigenvalue weighted by Crippen LogP contribution is 2.64. The van der Waals surface area contributed by atoms with Crippen molar-refractivity contribution < 1.29 is 0 Å². The van der Waals surface area contributed by atoms with Gasteiger partial charge in [-0.3, -0.25) is 0 Å². The van der Waals surface area contributed by atoms with Crippen molar-refractivity contribution >= 4 is 27.8 Å². The maximum Gasteiger partial charge on any atom is 0.0726 e. The molecule has 3 aliphatic rings. The molecule has 0 N–H and O–H groups in total.